The van der Waals surface area contributed by atoms with Crippen molar-refractivity contribution in [2.75, 3.05) is 0 Å². The van der Waals surface area contributed by atoms with Crippen molar-refractivity contribution in [1.82, 2.24) is 13.7 Å². The molecule has 4 heteroatoms. The third kappa shape index (κ3) is 5.00. The van der Waals surface area contributed by atoms with Gasteiger partial charge in [0.1, 0.15) is 0 Å². The summed E-state index contributed by atoms with van der Waals surface area (Å²) in [5.41, 5.74) is 12.4. The van der Waals surface area contributed by atoms with Gasteiger partial charge >= 0.3 is 0 Å². The second-order valence-corrected chi connectivity index (χ2v) is 15.2. The average Bonchev–Trinajstić information content (AvgIpc) is 3.83. The maximum Gasteiger partial charge on any atom is 0.265 e. The molecule has 9 aromatic carbocycles. The summed E-state index contributed by atoms with van der Waals surface area (Å²) in [6, 6.07) is 74.5. The fourth-order valence-corrected chi connectivity index (χ4v) is 9.42. The Labute approximate surface area is 339 Å². The van der Waals surface area contributed by atoms with Crippen molar-refractivity contribution in [3.8, 4) is 39.3 Å². The SMILES string of the molecule is O=c1c2c(ccc3c4ccccc4n(-c4ccc(-c5ccccc5)cc4)c32)c2ccc3c4ccccc4n(-c4ccc(-c5ccccc5)cc4)c3c2n1-c1ccccc1. The van der Waals surface area contributed by atoms with Crippen molar-refractivity contribution in [3.05, 3.63) is 223 Å². The molecule has 0 N–H and O–H groups in total. The minimum atomic E-state index is -0.0574. The molecule has 0 amide bonds. The number of para-hydroxylation sites is 3. The van der Waals surface area contributed by atoms with Gasteiger partial charge < -0.3 is 9.13 Å². The Balaban J connectivity index is 1.22. The fourth-order valence-electron chi connectivity index (χ4n) is 9.42. The molecule has 0 aliphatic heterocycles. The van der Waals surface area contributed by atoms with Crippen LogP contribution in [0.2, 0.25) is 0 Å². The van der Waals surface area contributed by atoms with E-state index >= 15 is 4.79 Å². The first kappa shape index (κ1) is 33.2. The van der Waals surface area contributed by atoms with Crippen molar-refractivity contribution in [2.45, 2.75) is 0 Å². The van der Waals surface area contributed by atoms with E-state index in [1.807, 2.05) is 47.0 Å². The first-order valence-electron chi connectivity index (χ1n) is 20.1. The third-order valence-electron chi connectivity index (χ3n) is 12.1. The van der Waals surface area contributed by atoms with Crippen molar-refractivity contribution in [1.29, 1.82) is 0 Å². The monoisotopic (exact) mass is 753 g/mol. The molecule has 0 unspecified atom stereocenters. The van der Waals surface area contributed by atoms with Crippen molar-refractivity contribution in [2.24, 2.45) is 0 Å². The highest BCUT2D eigenvalue weighted by molar-refractivity contribution is 6.26. The zero-order valence-electron chi connectivity index (χ0n) is 32.0. The second kappa shape index (κ2) is 13.1. The standard InChI is InChI=1S/C55H35N3O/c59-55-51-45(32-33-46-43-20-10-12-22-49(43)56(52(46)51)41-28-24-38(25-29-41)36-14-4-1-5-15-36)48-35-34-47-44-21-11-13-23-50(44)57(53(47)54(48)58(55)40-18-8-3-9-19-40)42-30-26-39(27-31-42)37-16-6-2-7-17-37/h1-35H. The van der Waals surface area contributed by atoms with Crippen LogP contribution in [0.4, 0.5) is 0 Å². The predicted molar refractivity (Wildman–Crippen MR) is 247 cm³/mol. The lowest BCUT2D eigenvalue weighted by Gasteiger charge is -2.18. The second-order valence-electron chi connectivity index (χ2n) is 15.2. The first-order chi connectivity index (χ1) is 29.2. The van der Waals surface area contributed by atoms with Crippen LogP contribution < -0.4 is 5.56 Å². The number of hydrogen-bond donors (Lipinski definition) is 0. The van der Waals surface area contributed by atoms with Gasteiger partial charge in [-0.25, -0.2) is 0 Å². The van der Waals surface area contributed by atoms with E-state index in [1.165, 1.54) is 11.1 Å². The first-order valence-corrected chi connectivity index (χ1v) is 20.1. The Hall–Kier alpha value is -7.95. The van der Waals surface area contributed by atoms with Crippen LogP contribution in [0, 0.1) is 0 Å². The van der Waals surface area contributed by atoms with E-state index in [1.54, 1.807) is 0 Å². The highest BCUT2D eigenvalue weighted by Crippen LogP contribution is 2.42. The van der Waals surface area contributed by atoms with Crippen LogP contribution in [-0.4, -0.2) is 13.7 Å². The van der Waals surface area contributed by atoms with Gasteiger partial charge in [0.25, 0.3) is 5.56 Å². The number of nitrogens with zero attached hydrogens (tertiary/aromatic N) is 3. The summed E-state index contributed by atoms with van der Waals surface area (Å²) in [7, 11) is 0. The molecule has 0 bridgehead atoms. The Morgan fingerprint density at radius 2 is 0.610 bits per heavy atom. The van der Waals surface area contributed by atoms with Gasteiger partial charge in [0, 0.05) is 44.0 Å². The van der Waals surface area contributed by atoms with Crippen LogP contribution in [-0.2, 0) is 0 Å². The molecule has 0 saturated heterocycles. The number of benzene rings is 9. The van der Waals surface area contributed by atoms with E-state index in [9.17, 15) is 0 Å². The molecule has 0 atom stereocenters. The highest BCUT2D eigenvalue weighted by atomic mass is 16.1. The van der Waals surface area contributed by atoms with Gasteiger partial charge in [0.05, 0.1) is 33.0 Å². The van der Waals surface area contributed by atoms with E-state index in [-0.39, 0.29) is 5.56 Å². The van der Waals surface area contributed by atoms with E-state index in [0.29, 0.717) is 5.39 Å². The summed E-state index contributed by atoms with van der Waals surface area (Å²) in [4.78, 5) is 15.9. The number of rotatable bonds is 5. The van der Waals surface area contributed by atoms with E-state index in [4.69, 9.17) is 0 Å². The van der Waals surface area contributed by atoms with Crippen LogP contribution >= 0.6 is 0 Å². The summed E-state index contributed by atoms with van der Waals surface area (Å²) in [6.07, 6.45) is 0. The largest absolute Gasteiger partial charge is 0.308 e. The normalized spacial score (nSPS) is 11.8. The quantitative estimate of drug-likeness (QED) is 0.161. The molecule has 0 spiro atoms. The maximum absolute atomic E-state index is 15.9. The summed E-state index contributed by atoms with van der Waals surface area (Å²) < 4.78 is 6.60. The zero-order valence-corrected chi connectivity index (χ0v) is 32.0. The van der Waals surface area contributed by atoms with Gasteiger partial charge in [-0.3, -0.25) is 9.36 Å². The summed E-state index contributed by atoms with van der Waals surface area (Å²) in [5.74, 6) is 0. The minimum absolute atomic E-state index is 0.0574. The maximum atomic E-state index is 15.9. The summed E-state index contributed by atoms with van der Waals surface area (Å²) in [6.45, 7) is 0. The Kier molecular flexibility index (Phi) is 7.35. The molecule has 12 rings (SSSR count). The zero-order chi connectivity index (χ0) is 39.0. The molecule has 0 saturated carbocycles. The molecule has 0 aliphatic rings. The van der Waals surface area contributed by atoms with Gasteiger partial charge in [-0.2, -0.15) is 0 Å². The van der Waals surface area contributed by atoms with Crippen LogP contribution in [0.1, 0.15) is 0 Å². The molecular formula is C55H35N3O. The Morgan fingerprint density at radius 3 is 1.14 bits per heavy atom. The molecular weight excluding hydrogens is 719 g/mol. The highest BCUT2D eigenvalue weighted by Gasteiger charge is 2.24. The van der Waals surface area contributed by atoms with Crippen molar-refractivity contribution < 1.29 is 0 Å². The van der Waals surface area contributed by atoms with Gasteiger partial charge in [0.15, 0.2) is 0 Å². The summed E-state index contributed by atoms with van der Waals surface area (Å²) >= 11 is 0. The predicted octanol–water partition coefficient (Wildman–Crippen LogP) is 13.7. The number of fused-ring (bicyclic) bond motifs is 11. The minimum Gasteiger partial charge on any atom is -0.308 e. The van der Waals surface area contributed by atoms with Gasteiger partial charge in [-0.1, -0.05) is 164 Å². The van der Waals surface area contributed by atoms with E-state index < -0.39 is 0 Å². The van der Waals surface area contributed by atoms with Gasteiger partial charge in [-0.15, -0.1) is 0 Å². The smallest absolute Gasteiger partial charge is 0.265 e. The Bertz CT molecular complexity index is 3640. The number of pyridine rings is 1. The third-order valence-corrected chi connectivity index (χ3v) is 12.1. The van der Waals surface area contributed by atoms with Crippen LogP contribution in [0.3, 0.4) is 0 Å². The average molecular weight is 754 g/mol. The lowest BCUT2D eigenvalue weighted by Crippen LogP contribution is -2.20. The molecule has 59 heavy (non-hydrogen) atoms. The Morgan fingerprint density at radius 1 is 0.254 bits per heavy atom. The lowest BCUT2D eigenvalue weighted by atomic mass is 10.00. The molecule has 0 radical (unpaired) electrons. The molecule has 3 aromatic heterocycles. The van der Waals surface area contributed by atoms with Gasteiger partial charge in [0.2, 0.25) is 0 Å². The van der Waals surface area contributed by atoms with Gasteiger partial charge in [-0.05, 0) is 76.2 Å². The number of aromatic nitrogens is 3. The van der Waals surface area contributed by atoms with E-state index in [2.05, 4.69) is 179 Å². The van der Waals surface area contributed by atoms with Crippen molar-refractivity contribution in [3.63, 3.8) is 0 Å². The van der Waals surface area contributed by atoms with E-state index in [0.717, 1.165) is 88.1 Å². The van der Waals surface area contributed by atoms with Crippen LogP contribution in [0.25, 0.3) is 105 Å². The molecule has 4 nitrogen and oxygen atoms in total. The fraction of sp³-hybridized carbons (Fsp3) is 0. The lowest BCUT2D eigenvalue weighted by molar-refractivity contribution is 1.06. The molecule has 0 aliphatic carbocycles. The molecule has 12 aromatic rings. The molecule has 0 fully saturated rings. The topological polar surface area (TPSA) is 31.9 Å². The number of hydrogen-bond acceptors (Lipinski definition) is 1. The van der Waals surface area contributed by atoms with Crippen LogP contribution in [0.5, 0.6) is 0 Å². The molecule has 3 heterocycles. The van der Waals surface area contributed by atoms with Crippen molar-refractivity contribution >= 4 is 65.3 Å². The van der Waals surface area contributed by atoms with Crippen LogP contribution in [0.15, 0.2) is 217 Å². The summed E-state index contributed by atoms with van der Waals surface area (Å²) in [5, 5.41) is 7.01. The molecule has 276 valence electrons.